The lowest BCUT2D eigenvalue weighted by molar-refractivity contribution is 0.320. The number of aryl methyl sites for hydroxylation is 1. The monoisotopic (exact) mass is 272 g/mol. The molecule has 5 heteroatoms. The van der Waals surface area contributed by atoms with Crippen LogP contribution in [0.5, 0.6) is 0 Å². The second-order valence-electron chi connectivity index (χ2n) is 5.42. The van der Waals surface area contributed by atoms with E-state index in [1.807, 2.05) is 6.26 Å². The van der Waals surface area contributed by atoms with Gasteiger partial charge >= 0.3 is 0 Å². The summed E-state index contributed by atoms with van der Waals surface area (Å²) in [7, 11) is 1.71. The Balaban J connectivity index is 1.93. The zero-order valence-electron chi connectivity index (χ0n) is 12.0. The van der Waals surface area contributed by atoms with Gasteiger partial charge in [0.15, 0.2) is 0 Å². The summed E-state index contributed by atoms with van der Waals surface area (Å²) in [5.74, 6) is 0.571. The van der Waals surface area contributed by atoms with Crippen molar-refractivity contribution >= 4 is 16.9 Å². The largest absolute Gasteiger partial charge is 0.504 e. The van der Waals surface area contributed by atoms with Crippen LogP contribution in [0, 0.1) is 6.92 Å². The topological polar surface area (TPSA) is 66.0 Å². The second-order valence-corrected chi connectivity index (χ2v) is 5.42. The van der Waals surface area contributed by atoms with Crippen LogP contribution in [0.3, 0.4) is 0 Å². The number of rotatable bonds is 2. The van der Waals surface area contributed by atoms with Crippen LogP contribution in [-0.4, -0.2) is 21.6 Å². The van der Waals surface area contributed by atoms with Gasteiger partial charge in [-0.05, 0) is 43.7 Å². The number of ether oxygens (including phenoxy) is 1. The molecule has 0 spiro atoms. The van der Waals surface area contributed by atoms with Gasteiger partial charge in [-0.15, -0.1) is 0 Å². The molecule has 0 aromatic carbocycles. The minimum absolute atomic E-state index is 0.481. The quantitative estimate of drug-likeness (QED) is 0.853. The maximum Gasteiger partial charge on any atom is 0.145 e. The van der Waals surface area contributed by atoms with Gasteiger partial charge in [0.05, 0.1) is 18.8 Å². The molecule has 0 bridgehead atoms. The van der Waals surface area contributed by atoms with Gasteiger partial charge in [-0.1, -0.05) is 0 Å². The number of nitrogen functional groups attached to an aromatic ring is 1. The first-order valence-electron chi connectivity index (χ1n) is 6.99. The van der Waals surface area contributed by atoms with E-state index < -0.39 is 0 Å². The normalized spacial score (nSPS) is 19.3. The van der Waals surface area contributed by atoms with Crippen molar-refractivity contribution in [3.63, 3.8) is 0 Å². The Labute approximate surface area is 118 Å². The average Bonchev–Trinajstić information content (AvgIpc) is 2.79. The van der Waals surface area contributed by atoms with Gasteiger partial charge in [0, 0.05) is 12.2 Å². The van der Waals surface area contributed by atoms with Gasteiger partial charge in [0.2, 0.25) is 0 Å². The SMILES string of the molecule is COC=C1CCC(n2cc(C)c3c(N)ncnc32)CC1. The Morgan fingerprint density at radius 3 is 2.80 bits per heavy atom. The Bertz CT molecular complexity index is 649. The highest BCUT2D eigenvalue weighted by Gasteiger charge is 2.21. The van der Waals surface area contributed by atoms with Crippen LogP contribution < -0.4 is 5.73 Å². The molecule has 2 N–H and O–H groups in total. The smallest absolute Gasteiger partial charge is 0.145 e. The molecule has 1 fully saturated rings. The van der Waals surface area contributed by atoms with Crippen LogP contribution in [-0.2, 0) is 4.74 Å². The average molecular weight is 272 g/mol. The molecule has 0 unspecified atom stereocenters. The molecule has 2 aromatic rings. The maximum absolute atomic E-state index is 5.97. The molecule has 0 aliphatic heterocycles. The third kappa shape index (κ3) is 2.13. The number of nitrogens with zero attached hydrogens (tertiary/aromatic N) is 3. The molecule has 2 aromatic heterocycles. The molecule has 0 amide bonds. The number of fused-ring (bicyclic) bond motifs is 1. The van der Waals surface area contributed by atoms with Crippen LogP contribution >= 0.6 is 0 Å². The van der Waals surface area contributed by atoms with E-state index in [0.717, 1.165) is 42.3 Å². The minimum atomic E-state index is 0.481. The highest BCUT2D eigenvalue weighted by Crippen LogP contribution is 2.35. The predicted molar refractivity (Wildman–Crippen MR) is 79.3 cm³/mol. The Morgan fingerprint density at radius 2 is 2.10 bits per heavy atom. The van der Waals surface area contributed by atoms with E-state index >= 15 is 0 Å². The fourth-order valence-electron chi connectivity index (χ4n) is 3.11. The summed E-state index contributed by atoms with van der Waals surface area (Å²) in [5, 5.41) is 0.991. The van der Waals surface area contributed by atoms with E-state index in [0.29, 0.717) is 11.9 Å². The van der Waals surface area contributed by atoms with Crippen LogP contribution in [0.25, 0.3) is 11.0 Å². The summed E-state index contributed by atoms with van der Waals surface area (Å²) in [4.78, 5) is 8.52. The molecule has 1 aliphatic carbocycles. The molecule has 0 radical (unpaired) electrons. The second kappa shape index (κ2) is 5.15. The maximum atomic E-state index is 5.97. The van der Waals surface area contributed by atoms with Crippen molar-refractivity contribution in [2.75, 3.05) is 12.8 Å². The number of anilines is 1. The number of allylic oxidation sites excluding steroid dienone is 1. The van der Waals surface area contributed by atoms with E-state index in [1.54, 1.807) is 13.4 Å². The van der Waals surface area contributed by atoms with Crippen molar-refractivity contribution in [2.24, 2.45) is 0 Å². The van der Waals surface area contributed by atoms with Crippen LogP contribution in [0.2, 0.25) is 0 Å². The molecular weight excluding hydrogens is 252 g/mol. The number of nitrogens with two attached hydrogens (primary N) is 1. The lowest BCUT2D eigenvalue weighted by Gasteiger charge is -2.25. The standard InChI is InChI=1S/C15H20N4O/c1-10-7-19(15-13(10)14(16)17-9-18-15)12-5-3-11(4-6-12)8-20-2/h7-9,12H,3-6H2,1-2H3,(H2,16,17,18). The van der Waals surface area contributed by atoms with Crippen LogP contribution in [0.4, 0.5) is 5.82 Å². The highest BCUT2D eigenvalue weighted by molar-refractivity contribution is 5.89. The first-order chi connectivity index (χ1) is 9.70. The van der Waals surface area contributed by atoms with Gasteiger partial charge in [0.25, 0.3) is 0 Å². The van der Waals surface area contributed by atoms with E-state index in [1.165, 1.54) is 5.57 Å². The highest BCUT2D eigenvalue weighted by atomic mass is 16.5. The fourth-order valence-corrected chi connectivity index (χ4v) is 3.11. The summed E-state index contributed by atoms with van der Waals surface area (Å²) >= 11 is 0. The van der Waals surface area contributed by atoms with Crippen LogP contribution in [0.15, 0.2) is 24.4 Å². The van der Waals surface area contributed by atoms with E-state index in [9.17, 15) is 0 Å². The molecule has 3 rings (SSSR count). The van der Waals surface area contributed by atoms with Crippen molar-refractivity contribution in [1.29, 1.82) is 0 Å². The van der Waals surface area contributed by atoms with E-state index in [4.69, 9.17) is 10.5 Å². The van der Waals surface area contributed by atoms with Crippen molar-refractivity contribution in [3.05, 3.63) is 29.9 Å². The van der Waals surface area contributed by atoms with E-state index in [2.05, 4.69) is 27.7 Å². The zero-order chi connectivity index (χ0) is 14.1. The van der Waals surface area contributed by atoms with Gasteiger partial charge in [-0.3, -0.25) is 0 Å². The molecule has 1 saturated carbocycles. The number of hydrogen-bond donors (Lipinski definition) is 1. The van der Waals surface area contributed by atoms with Gasteiger partial charge in [-0.2, -0.15) is 0 Å². The Morgan fingerprint density at radius 1 is 1.35 bits per heavy atom. The molecule has 20 heavy (non-hydrogen) atoms. The molecule has 5 nitrogen and oxygen atoms in total. The predicted octanol–water partition coefficient (Wildman–Crippen LogP) is 2.97. The molecule has 0 atom stereocenters. The van der Waals surface area contributed by atoms with Gasteiger partial charge < -0.3 is 15.0 Å². The summed E-state index contributed by atoms with van der Waals surface area (Å²) in [6.07, 6.45) is 9.98. The Kier molecular flexibility index (Phi) is 3.34. The summed E-state index contributed by atoms with van der Waals surface area (Å²) in [6, 6.07) is 0.481. The molecule has 2 heterocycles. The third-order valence-corrected chi connectivity index (χ3v) is 4.10. The Hall–Kier alpha value is -2.04. The summed E-state index contributed by atoms with van der Waals surface area (Å²) < 4.78 is 7.38. The number of methoxy groups -OCH3 is 1. The first-order valence-corrected chi connectivity index (χ1v) is 6.99. The van der Waals surface area contributed by atoms with Crippen molar-refractivity contribution in [3.8, 4) is 0 Å². The lowest BCUT2D eigenvalue weighted by atomic mass is 9.91. The van der Waals surface area contributed by atoms with Crippen molar-refractivity contribution in [1.82, 2.24) is 14.5 Å². The zero-order valence-corrected chi connectivity index (χ0v) is 12.0. The fraction of sp³-hybridized carbons (Fsp3) is 0.467. The lowest BCUT2D eigenvalue weighted by Crippen LogP contribution is -2.14. The van der Waals surface area contributed by atoms with E-state index in [-0.39, 0.29) is 0 Å². The molecule has 1 aliphatic rings. The number of aromatic nitrogens is 3. The van der Waals surface area contributed by atoms with Crippen molar-refractivity contribution < 1.29 is 4.74 Å². The van der Waals surface area contributed by atoms with Crippen molar-refractivity contribution in [2.45, 2.75) is 38.6 Å². The van der Waals surface area contributed by atoms with Gasteiger partial charge in [0.1, 0.15) is 17.8 Å². The third-order valence-electron chi connectivity index (χ3n) is 4.10. The van der Waals surface area contributed by atoms with Crippen LogP contribution in [0.1, 0.15) is 37.3 Å². The molecule has 0 saturated heterocycles. The first kappa shape index (κ1) is 13.0. The minimum Gasteiger partial charge on any atom is -0.504 e. The summed E-state index contributed by atoms with van der Waals surface area (Å²) in [6.45, 7) is 2.07. The summed E-state index contributed by atoms with van der Waals surface area (Å²) in [5.41, 5.74) is 9.47. The van der Waals surface area contributed by atoms with Gasteiger partial charge in [-0.25, -0.2) is 9.97 Å². The number of hydrogen-bond acceptors (Lipinski definition) is 4. The molecular formula is C15H20N4O. The molecule has 106 valence electrons.